The predicted molar refractivity (Wildman–Crippen MR) is 124 cm³/mol. The van der Waals surface area contributed by atoms with Gasteiger partial charge >= 0.3 is 5.97 Å². The Balaban J connectivity index is 3.18. The van der Waals surface area contributed by atoms with Gasteiger partial charge in [-0.15, -0.1) is 0 Å². The molecule has 0 rings (SSSR count). The number of carbonyl (C=O) groups is 1. The van der Waals surface area contributed by atoms with Crippen molar-refractivity contribution >= 4 is 5.97 Å². The predicted octanol–water partition coefficient (Wildman–Crippen LogP) is 8.93. The zero-order chi connectivity index (χ0) is 20.5. The lowest BCUT2D eigenvalue weighted by Gasteiger charge is -2.05. The Labute approximate surface area is 176 Å². The molecule has 0 aliphatic rings. The zero-order valence-corrected chi connectivity index (χ0v) is 19.3. The smallest absolute Gasteiger partial charge is 0.305 e. The van der Waals surface area contributed by atoms with E-state index in [0.717, 1.165) is 12.8 Å². The number of carbonyl (C=O) groups excluding carboxylic acids is 1. The summed E-state index contributed by atoms with van der Waals surface area (Å²) in [6.45, 7) is 5.13. The normalized spacial score (nSPS) is 11.4. The lowest BCUT2D eigenvalue weighted by atomic mass is 10.1. The summed E-state index contributed by atoms with van der Waals surface area (Å²) in [6.07, 6.45) is 29.5. The highest BCUT2D eigenvalue weighted by Gasteiger charge is 2.02. The third-order valence-corrected chi connectivity index (χ3v) is 5.40. The third kappa shape index (κ3) is 23.2. The lowest BCUT2D eigenvalue weighted by Crippen LogP contribution is -2.05. The quantitative estimate of drug-likeness (QED) is 0.104. The fourth-order valence-electron chi connectivity index (χ4n) is 3.48. The van der Waals surface area contributed by atoms with Gasteiger partial charge in [0.15, 0.2) is 0 Å². The van der Waals surface area contributed by atoms with Crippen molar-refractivity contribution in [2.45, 2.75) is 142 Å². The van der Waals surface area contributed by atoms with E-state index in [9.17, 15) is 4.79 Å². The van der Waals surface area contributed by atoms with Crippen LogP contribution in [0.15, 0.2) is 12.2 Å². The molecule has 0 heterocycles. The number of allylic oxidation sites excluding steroid dienone is 2. The van der Waals surface area contributed by atoms with Gasteiger partial charge in [-0.2, -0.15) is 0 Å². The fourth-order valence-corrected chi connectivity index (χ4v) is 3.48. The van der Waals surface area contributed by atoms with Gasteiger partial charge < -0.3 is 4.74 Å². The summed E-state index contributed by atoms with van der Waals surface area (Å²) in [5.74, 6) is 0.00930. The highest BCUT2D eigenvalue weighted by Crippen LogP contribution is 2.10. The van der Waals surface area contributed by atoms with Crippen LogP contribution in [-0.4, -0.2) is 12.6 Å². The Morgan fingerprint density at radius 2 is 1.00 bits per heavy atom. The fraction of sp³-hybridized carbons (Fsp3) is 0.885. The van der Waals surface area contributed by atoms with Gasteiger partial charge in [0.1, 0.15) is 0 Å². The van der Waals surface area contributed by atoms with Crippen LogP contribution in [-0.2, 0) is 9.53 Å². The molecular formula is C26H50O2. The topological polar surface area (TPSA) is 26.3 Å². The van der Waals surface area contributed by atoms with Crippen LogP contribution in [0.5, 0.6) is 0 Å². The van der Waals surface area contributed by atoms with Crippen LogP contribution in [0.25, 0.3) is 0 Å². The number of esters is 1. The van der Waals surface area contributed by atoms with E-state index in [4.69, 9.17) is 4.74 Å². The minimum absolute atomic E-state index is 0.00930. The first kappa shape index (κ1) is 27.2. The maximum atomic E-state index is 11.7. The summed E-state index contributed by atoms with van der Waals surface area (Å²) in [4.78, 5) is 11.7. The Kier molecular flexibility index (Phi) is 23.6. The number of hydrogen-bond donors (Lipinski definition) is 0. The molecule has 0 atom stereocenters. The molecule has 0 aromatic rings. The van der Waals surface area contributed by atoms with Crippen molar-refractivity contribution in [2.75, 3.05) is 6.61 Å². The summed E-state index contributed by atoms with van der Waals surface area (Å²) in [5, 5.41) is 0. The molecule has 0 spiro atoms. The summed E-state index contributed by atoms with van der Waals surface area (Å²) in [5.41, 5.74) is 0. The van der Waals surface area contributed by atoms with Gasteiger partial charge in [0.2, 0.25) is 0 Å². The summed E-state index contributed by atoms with van der Waals surface area (Å²) in [6, 6.07) is 0. The van der Waals surface area contributed by atoms with E-state index >= 15 is 0 Å². The van der Waals surface area contributed by atoms with E-state index in [0.29, 0.717) is 13.0 Å². The lowest BCUT2D eigenvalue weighted by molar-refractivity contribution is -0.143. The number of rotatable bonds is 22. The van der Waals surface area contributed by atoms with Crippen molar-refractivity contribution in [3.05, 3.63) is 12.2 Å². The average molecular weight is 395 g/mol. The Hall–Kier alpha value is -0.790. The van der Waals surface area contributed by atoms with Crippen LogP contribution in [0, 0.1) is 0 Å². The van der Waals surface area contributed by atoms with Crippen LogP contribution in [0.4, 0.5) is 0 Å². The van der Waals surface area contributed by atoms with Crippen LogP contribution < -0.4 is 0 Å². The standard InChI is InChI=1S/C26H50O2/c1-3-5-7-9-11-12-13-14-15-16-17-19-21-23-25-28-26(27)24-22-20-18-10-8-6-4-2/h12-13H,3-11,14-25H2,1-2H3. The molecule has 0 saturated heterocycles. The summed E-state index contributed by atoms with van der Waals surface area (Å²) in [7, 11) is 0. The Bertz CT molecular complexity index is 335. The van der Waals surface area contributed by atoms with Crippen LogP contribution in [0.1, 0.15) is 142 Å². The third-order valence-electron chi connectivity index (χ3n) is 5.40. The molecule has 28 heavy (non-hydrogen) atoms. The molecule has 0 aliphatic carbocycles. The molecule has 0 fully saturated rings. The van der Waals surface area contributed by atoms with E-state index in [1.165, 1.54) is 109 Å². The highest BCUT2D eigenvalue weighted by atomic mass is 16.5. The maximum absolute atomic E-state index is 11.7. The van der Waals surface area contributed by atoms with E-state index < -0.39 is 0 Å². The van der Waals surface area contributed by atoms with E-state index in [-0.39, 0.29) is 5.97 Å². The van der Waals surface area contributed by atoms with Gasteiger partial charge in [0, 0.05) is 6.42 Å². The van der Waals surface area contributed by atoms with Crippen molar-refractivity contribution in [1.29, 1.82) is 0 Å². The minimum atomic E-state index is 0.00930. The van der Waals surface area contributed by atoms with Crippen LogP contribution in [0.3, 0.4) is 0 Å². The van der Waals surface area contributed by atoms with Crippen molar-refractivity contribution in [3.8, 4) is 0 Å². The Morgan fingerprint density at radius 3 is 1.57 bits per heavy atom. The van der Waals surface area contributed by atoms with Crippen LogP contribution >= 0.6 is 0 Å². The van der Waals surface area contributed by atoms with Crippen molar-refractivity contribution in [3.63, 3.8) is 0 Å². The second-order valence-corrected chi connectivity index (χ2v) is 8.32. The van der Waals surface area contributed by atoms with Gasteiger partial charge in [-0.05, 0) is 38.5 Å². The van der Waals surface area contributed by atoms with Crippen molar-refractivity contribution in [1.82, 2.24) is 0 Å². The maximum Gasteiger partial charge on any atom is 0.305 e. The van der Waals surface area contributed by atoms with Gasteiger partial charge in [0.05, 0.1) is 6.61 Å². The molecule has 0 aliphatic heterocycles. The molecule has 0 radical (unpaired) electrons. The molecule has 0 saturated carbocycles. The molecular weight excluding hydrogens is 344 g/mol. The summed E-state index contributed by atoms with van der Waals surface area (Å²) >= 11 is 0. The zero-order valence-electron chi connectivity index (χ0n) is 19.3. The Morgan fingerprint density at radius 1 is 0.571 bits per heavy atom. The number of unbranched alkanes of at least 4 members (excludes halogenated alkanes) is 16. The van der Waals surface area contributed by atoms with Crippen molar-refractivity contribution < 1.29 is 9.53 Å². The largest absolute Gasteiger partial charge is 0.466 e. The van der Waals surface area contributed by atoms with E-state index in [1.54, 1.807) is 0 Å². The molecule has 0 N–H and O–H groups in total. The van der Waals surface area contributed by atoms with Gasteiger partial charge in [-0.25, -0.2) is 0 Å². The molecule has 0 aromatic heterocycles. The minimum Gasteiger partial charge on any atom is -0.466 e. The van der Waals surface area contributed by atoms with E-state index in [2.05, 4.69) is 26.0 Å². The molecule has 2 heteroatoms. The molecule has 0 unspecified atom stereocenters. The van der Waals surface area contributed by atoms with Crippen molar-refractivity contribution in [2.24, 2.45) is 0 Å². The second kappa shape index (κ2) is 24.2. The van der Waals surface area contributed by atoms with Gasteiger partial charge in [0.25, 0.3) is 0 Å². The SMILES string of the molecule is CCCCCCC=CCCCCCCCCOC(=O)CCCCCCCCC. The highest BCUT2D eigenvalue weighted by molar-refractivity contribution is 5.69. The molecule has 0 amide bonds. The van der Waals surface area contributed by atoms with Gasteiger partial charge in [-0.3, -0.25) is 4.79 Å². The molecule has 166 valence electrons. The molecule has 2 nitrogen and oxygen atoms in total. The number of hydrogen-bond acceptors (Lipinski definition) is 2. The molecule has 0 bridgehead atoms. The average Bonchev–Trinajstić information content (AvgIpc) is 2.70. The van der Waals surface area contributed by atoms with Gasteiger partial charge in [-0.1, -0.05) is 109 Å². The number of ether oxygens (including phenoxy) is 1. The molecule has 0 aromatic carbocycles. The first-order valence-electron chi connectivity index (χ1n) is 12.6. The second-order valence-electron chi connectivity index (χ2n) is 8.32. The van der Waals surface area contributed by atoms with Crippen LogP contribution in [0.2, 0.25) is 0 Å². The first-order valence-corrected chi connectivity index (χ1v) is 12.6. The van der Waals surface area contributed by atoms with E-state index in [1.807, 2.05) is 0 Å². The first-order chi connectivity index (χ1) is 13.8. The monoisotopic (exact) mass is 394 g/mol. The summed E-state index contributed by atoms with van der Waals surface area (Å²) < 4.78 is 5.35.